The minimum atomic E-state index is -1.23. The first-order valence-electron chi connectivity index (χ1n) is 4.63. The van der Waals surface area contributed by atoms with Gasteiger partial charge in [0.2, 0.25) is 0 Å². The maximum atomic E-state index is 10.2. The Bertz CT molecular complexity index is 232. The third kappa shape index (κ3) is 6.08. The summed E-state index contributed by atoms with van der Waals surface area (Å²) in [5, 5.41) is 12.5. The van der Waals surface area contributed by atoms with Gasteiger partial charge in [-0.1, -0.05) is 41.9 Å². The van der Waals surface area contributed by atoms with Crippen LogP contribution in [0.3, 0.4) is 0 Å². The number of carbonyl (C=O) groups excluding carboxylic acids is 1. The molecular formula is C10H15INO2-. The van der Waals surface area contributed by atoms with Crippen molar-refractivity contribution in [3.63, 3.8) is 0 Å². The molecule has 0 aromatic carbocycles. The highest BCUT2D eigenvalue weighted by atomic mass is 127. The lowest BCUT2D eigenvalue weighted by Gasteiger charge is -2.18. The standard InChI is InChI=1S/C10H16INO2/c1-3-5-8(7-12-10(13)14)9(11)6-4-2/h8-9,12H,4,6-7H2,1-2H3,(H,13,14)/p-1. The zero-order chi connectivity index (χ0) is 11.0. The van der Waals surface area contributed by atoms with E-state index in [4.69, 9.17) is 0 Å². The number of carbonyl (C=O) groups is 1. The predicted octanol–water partition coefficient (Wildman–Crippen LogP) is 1.16. The van der Waals surface area contributed by atoms with Crippen molar-refractivity contribution in [1.29, 1.82) is 0 Å². The third-order valence-electron chi connectivity index (χ3n) is 1.80. The fourth-order valence-corrected chi connectivity index (χ4v) is 2.18. The Morgan fingerprint density at radius 2 is 2.29 bits per heavy atom. The van der Waals surface area contributed by atoms with Gasteiger partial charge in [0.15, 0.2) is 0 Å². The van der Waals surface area contributed by atoms with E-state index in [2.05, 4.69) is 46.7 Å². The molecule has 0 rings (SSSR count). The molecule has 0 heterocycles. The second-order valence-corrected chi connectivity index (χ2v) is 4.57. The number of amides is 1. The average Bonchev–Trinajstić information content (AvgIpc) is 2.12. The Hall–Kier alpha value is -0.440. The van der Waals surface area contributed by atoms with E-state index >= 15 is 0 Å². The number of nitrogens with one attached hydrogen (secondary N) is 1. The molecule has 0 fully saturated rings. The van der Waals surface area contributed by atoms with E-state index in [-0.39, 0.29) is 5.92 Å². The SMILES string of the molecule is CC#CC(CNC(=O)[O-])C(I)CCC. The maximum absolute atomic E-state index is 10.2. The molecule has 3 nitrogen and oxygen atoms in total. The fourth-order valence-electron chi connectivity index (χ4n) is 1.12. The van der Waals surface area contributed by atoms with Crippen LogP contribution in [0.5, 0.6) is 0 Å². The van der Waals surface area contributed by atoms with Gasteiger partial charge >= 0.3 is 0 Å². The van der Waals surface area contributed by atoms with Crippen LogP contribution in [-0.4, -0.2) is 16.6 Å². The van der Waals surface area contributed by atoms with E-state index in [1.54, 1.807) is 6.92 Å². The molecule has 1 amide bonds. The van der Waals surface area contributed by atoms with Crippen molar-refractivity contribution in [1.82, 2.24) is 5.32 Å². The van der Waals surface area contributed by atoms with Crippen LogP contribution in [0.2, 0.25) is 0 Å². The molecule has 0 aromatic heterocycles. The molecule has 0 aliphatic heterocycles. The van der Waals surface area contributed by atoms with Gasteiger partial charge in [-0.25, -0.2) is 0 Å². The number of alkyl halides is 1. The fraction of sp³-hybridized carbons (Fsp3) is 0.700. The molecule has 4 heteroatoms. The van der Waals surface area contributed by atoms with Crippen LogP contribution >= 0.6 is 22.6 Å². The molecule has 0 aromatic rings. The first-order valence-corrected chi connectivity index (χ1v) is 5.87. The summed E-state index contributed by atoms with van der Waals surface area (Å²) in [5.74, 6) is 5.92. The van der Waals surface area contributed by atoms with E-state index < -0.39 is 6.09 Å². The topological polar surface area (TPSA) is 52.2 Å². The second kappa shape index (κ2) is 7.92. The molecule has 14 heavy (non-hydrogen) atoms. The molecule has 0 radical (unpaired) electrons. The summed E-state index contributed by atoms with van der Waals surface area (Å²) < 4.78 is 0.386. The average molecular weight is 308 g/mol. The maximum Gasteiger partial charge on any atom is 0.134 e. The lowest BCUT2D eigenvalue weighted by atomic mass is 10.0. The van der Waals surface area contributed by atoms with E-state index in [0.29, 0.717) is 10.5 Å². The van der Waals surface area contributed by atoms with Crippen molar-refractivity contribution in [2.24, 2.45) is 5.92 Å². The molecule has 0 bridgehead atoms. The van der Waals surface area contributed by atoms with Gasteiger partial charge < -0.3 is 15.2 Å². The van der Waals surface area contributed by atoms with Crippen LogP contribution in [0.25, 0.3) is 0 Å². The largest absolute Gasteiger partial charge is 0.530 e. The van der Waals surface area contributed by atoms with Crippen LogP contribution in [0.1, 0.15) is 26.7 Å². The molecule has 0 aliphatic rings. The smallest absolute Gasteiger partial charge is 0.134 e. The molecule has 0 saturated heterocycles. The summed E-state index contributed by atoms with van der Waals surface area (Å²) >= 11 is 2.32. The van der Waals surface area contributed by atoms with Gasteiger partial charge in [-0.05, 0) is 13.3 Å². The normalized spacial score (nSPS) is 13.6. The Balaban J connectivity index is 4.11. The Morgan fingerprint density at radius 3 is 2.71 bits per heavy atom. The lowest BCUT2D eigenvalue weighted by molar-refractivity contribution is -0.250. The van der Waals surface area contributed by atoms with Gasteiger partial charge in [0, 0.05) is 16.4 Å². The Morgan fingerprint density at radius 1 is 1.64 bits per heavy atom. The zero-order valence-electron chi connectivity index (χ0n) is 8.47. The van der Waals surface area contributed by atoms with Crippen LogP contribution in [0.4, 0.5) is 4.79 Å². The Kier molecular flexibility index (Phi) is 7.67. The third-order valence-corrected chi connectivity index (χ3v) is 3.29. The molecule has 1 N–H and O–H groups in total. The van der Waals surface area contributed by atoms with Crippen molar-refractivity contribution in [3.05, 3.63) is 0 Å². The molecule has 0 spiro atoms. The van der Waals surface area contributed by atoms with Crippen molar-refractivity contribution < 1.29 is 9.90 Å². The highest BCUT2D eigenvalue weighted by Gasteiger charge is 2.15. The van der Waals surface area contributed by atoms with Crippen LogP contribution in [0.15, 0.2) is 0 Å². The van der Waals surface area contributed by atoms with Crippen LogP contribution in [-0.2, 0) is 0 Å². The van der Waals surface area contributed by atoms with Gasteiger partial charge in [-0.2, -0.15) is 0 Å². The van der Waals surface area contributed by atoms with Crippen molar-refractivity contribution in [2.45, 2.75) is 30.6 Å². The first-order chi connectivity index (χ1) is 6.61. The minimum Gasteiger partial charge on any atom is -0.530 e. The zero-order valence-corrected chi connectivity index (χ0v) is 10.6. The highest BCUT2D eigenvalue weighted by molar-refractivity contribution is 14.1. The molecular weight excluding hydrogens is 293 g/mol. The minimum absolute atomic E-state index is 0.0819. The monoisotopic (exact) mass is 308 g/mol. The highest BCUT2D eigenvalue weighted by Crippen LogP contribution is 2.18. The van der Waals surface area contributed by atoms with E-state index in [1.165, 1.54) is 0 Å². The van der Waals surface area contributed by atoms with Gasteiger partial charge in [0.1, 0.15) is 6.09 Å². The Labute approximate surface area is 98.8 Å². The van der Waals surface area contributed by atoms with Crippen molar-refractivity contribution >= 4 is 28.7 Å². The van der Waals surface area contributed by atoms with E-state index in [9.17, 15) is 9.90 Å². The van der Waals surface area contributed by atoms with Crippen molar-refractivity contribution in [3.8, 4) is 11.8 Å². The lowest BCUT2D eigenvalue weighted by Crippen LogP contribution is -2.40. The summed E-state index contributed by atoms with van der Waals surface area (Å²) in [5.41, 5.74) is 0. The molecule has 0 saturated carbocycles. The van der Waals surface area contributed by atoms with Gasteiger partial charge in [-0.3, -0.25) is 0 Å². The van der Waals surface area contributed by atoms with Gasteiger partial charge in [0.25, 0.3) is 0 Å². The summed E-state index contributed by atoms with van der Waals surface area (Å²) in [6.45, 7) is 4.23. The van der Waals surface area contributed by atoms with Crippen LogP contribution < -0.4 is 10.4 Å². The van der Waals surface area contributed by atoms with Crippen molar-refractivity contribution in [2.75, 3.05) is 6.54 Å². The summed E-state index contributed by atoms with van der Waals surface area (Å²) in [4.78, 5) is 10.2. The predicted molar refractivity (Wildman–Crippen MR) is 63.1 cm³/mol. The van der Waals surface area contributed by atoms with Gasteiger partial charge in [-0.15, -0.1) is 5.92 Å². The second-order valence-electron chi connectivity index (χ2n) is 2.97. The quantitative estimate of drug-likeness (QED) is 0.471. The summed E-state index contributed by atoms with van der Waals surface area (Å²) in [6.07, 6.45) is 0.906. The number of halogens is 1. The van der Waals surface area contributed by atoms with E-state index in [1.807, 2.05) is 0 Å². The van der Waals surface area contributed by atoms with Crippen LogP contribution in [0, 0.1) is 17.8 Å². The molecule has 0 aliphatic carbocycles. The number of hydrogen-bond acceptors (Lipinski definition) is 2. The van der Waals surface area contributed by atoms with Gasteiger partial charge in [0.05, 0.1) is 0 Å². The molecule has 2 unspecified atom stereocenters. The number of hydrogen-bond donors (Lipinski definition) is 1. The number of rotatable bonds is 5. The molecule has 2 atom stereocenters. The molecule has 80 valence electrons. The number of carboxylic acid groups (broad SMARTS) is 1. The summed E-state index contributed by atoms with van der Waals surface area (Å²) in [6, 6.07) is 0. The first kappa shape index (κ1) is 13.6. The van der Waals surface area contributed by atoms with E-state index in [0.717, 1.165) is 12.8 Å². The summed E-state index contributed by atoms with van der Waals surface area (Å²) in [7, 11) is 0.